The molecule has 4 aromatic carbocycles. The van der Waals surface area contributed by atoms with Crippen molar-refractivity contribution in [2.24, 2.45) is 7.05 Å². The van der Waals surface area contributed by atoms with Gasteiger partial charge in [0.1, 0.15) is 11.5 Å². The molecule has 0 bridgehead atoms. The fourth-order valence-corrected chi connectivity index (χ4v) is 7.60. The van der Waals surface area contributed by atoms with Crippen LogP contribution in [0.3, 0.4) is 0 Å². The molecule has 0 fully saturated rings. The Balaban J connectivity index is 1.23. The number of hydrogen-bond donors (Lipinski definition) is 1. The first-order valence-electron chi connectivity index (χ1n) is 18.4. The van der Waals surface area contributed by atoms with E-state index in [2.05, 4.69) is 30.0 Å². The number of benzene rings is 4. The Morgan fingerprint density at radius 3 is 2.24 bits per heavy atom. The number of amides is 3. The topological polar surface area (TPSA) is 98.6 Å². The fourth-order valence-electron chi connectivity index (χ4n) is 7.60. The van der Waals surface area contributed by atoms with E-state index in [4.69, 9.17) is 4.74 Å². The van der Waals surface area contributed by atoms with Gasteiger partial charge in [-0.05, 0) is 123 Å². The van der Waals surface area contributed by atoms with Crippen LogP contribution < -0.4 is 9.64 Å². The van der Waals surface area contributed by atoms with Gasteiger partial charge in [-0.2, -0.15) is 0 Å². The van der Waals surface area contributed by atoms with Crippen molar-refractivity contribution in [2.45, 2.75) is 52.4 Å². The molecule has 1 aromatic heterocycles. The van der Waals surface area contributed by atoms with Crippen molar-refractivity contribution in [3.8, 4) is 22.8 Å². The van der Waals surface area contributed by atoms with E-state index in [0.717, 1.165) is 52.2 Å². The lowest BCUT2D eigenvalue weighted by Crippen LogP contribution is -2.43. The summed E-state index contributed by atoms with van der Waals surface area (Å²) in [6.45, 7) is 6.04. The Morgan fingerprint density at radius 1 is 0.833 bits per heavy atom. The predicted octanol–water partition coefficient (Wildman–Crippen LogP) is 7.19. The number of fused-ring (bicyclic) bond motifs is 2. The molecule has 7 rings (SSSR count). The van der Waals surface area contributed by atoms with Crippen molar-refractivity contribution in [3.05, 3.63) is 136 Å². The van der Waals surface area contributed by atoms with Crippen molar-refractivity contribution < 1.29 is 24.2 Å². The second-order valence-corrected chi connectivity index (χ2v) is 14.8. The second-order valence-electron chi connectivity index (χ2n) is 14.8. The largest absolute Gasteiger partial charge is 0.508 e. The minimum absolute atomic E-state index is 0.0295. The monoisotopic (exact) mass is 725 g/mol. The van der Waals surface area contributed by atoms with Gasteiger partial charge in [-0.25, -0.2) is 4.79 Å². The first kappa shape index (κ1) is 36.5. The molecule has 3 amide bonds. The summed E-state index contributed by atoms with van der Waals surface area (Å²) in [4.78, 5) is 49.4. The molecule has 1 atom stereocenters. The lowest BCUT2D eigenvalue weighted by Gasteiger charge is -2.36. The maximum atomic E-state index is 14.8. The smallest absolute Gasteiger partial charge is 0.415 e. The van der Waals surface area contributed by atoms with Gasteiger partial charge < -0.3 is 34.0 Å². The second kappa shape index (κ2) is 14.9. The van der Waals surface area contributed by atoms with E-state index >= 15 is 0 Å². The van der Waals surface area contributed by atoms with Crippen LogP contribution in [-0.4, -0.2) is 76.0 Å². The molecule has 2 aliphatic heterocycles. The summed E-state index contributed by atoms with van der Waals surface area (Å²) in [6.07, 6.45) is 0.904. The highest BCUT2D eigenvalue weighted by molar-refractivity contribution is 6.08. The van der Waals surface area contributed by atoms with Gasteiger partial charge >= 0.3 is 6.09 Å². The molecule has 0 unspecified atom stereocenters. The number of aromatic nitrogens is 1. The third kappa shape index (κ3) is 7.21. The SMILES string of the molecule is Cc1c(C(=O)N(C)c2ccc(O)cc2)cc(-c2cc3c(cc2C(=O)N2Cc4ccccc4C[C@H]2C)CN(C(=O)Oc2ccc(CN(C)C)cc2)CC3)n1C. The van der Waals surface area contributed by atoms with Gasteiger partial charge in [0.05, 0.1) is 5.56 Å². The van der Waals surface area contributed by atoms with Gasteiger partial charge in [0, 0.05) is 74.5 Å². The van der Waals surface area contributed by atoms with E-state index in [-0.39, 0.29) is 23.6 Å². The van der Waals surface area contributed by atoms with Crippen LogP contribution in [0.4, 0.5) is 10.5 Å². The number of phenols is 1. The lowest BCUT2D eigenvalue weighted by atomic mass is 9.90. The lowest BCUT2D eigenvalue weighted by molar-refractivity contribution is 0.0658. The minimum Gasteiger partial charge on any atom is -0.508 e. The Hall–Kier alpha value is -5.87. The van der Waals surface area contributed by atoms with Crippen LogP contribution in [0.1, 0.15) is 61.2 Å². The van der Waals surface area contributed by atoms with Crippen LogP contribution >= 0.6 is 0 Å². The Morgan fingerprint density at radius 2 is 1.54 bits per heavy atom. The fraction of sp³-hybridized carbons (Fsp3) is 0.295. The molecule has 3 heterocycles. The van der Waals surface area contributed by atoms with Crippen LogP contribution in [0, 0.1) is 6.92 Å². The molecule has 10 heteroatoms. The number of rotatable bonds is 7. The van der Waals surface area contributed by atoms with Crippen LogP contribution in [0.15, 0.2) is 91.0 Å². The summed E-state index contributed by atoms with van der Waals surface area (Å²) in [7, 11) is 7.65. The maximum Gasteiger partial charge on any atom is 0.415 e. The molecule has 278 valence electrons. The average molecular weight is 726 g/mol. The Labute approximate surface area is 316 Å². The zero-order chi connectivity index (χ0) is 38.3. The molecule has 0 spiro atoms. The van der Waals surface area contributed by atoms with Gasteiger partial charge in [-0.1, -0.05) is 36.4 Å². The summed E-state index contributed by atoms with van der Waals surface area (Å²) in [6, 6.07) is 28.2. The third-order valence-corrected chi connectivity index (χ3v) is 10.8. The third-order valence-electron chi connectivity index (χ3n) is 10.8. The molecule has 54 heavy (non-hydrogen) atoms. The van der Waals surface area contributed by atoms with Gasteiger partial charge in [0.15, 0.2) is 0 Å². The van der Waals surface area contributed by atoms with E-state index in [1.165, 1.54) is 5.56 Å². The van der Waals surface area contributed by atoms with E-state index in [1.807, 2.05) is 86.1 Å². The highest BCUT2D eigenvalue weighted by Crippen LogP contribution is 2.36. The number of hydrogen-bond acceptors (Lipinski definition) is 6. The van der Waals surface area contributed by atoms with Gasteiger partial charge in [-0.3, -0.25) is 9.59 Å². The number of nitrogens with zero attached hydrogens (tertiary/aromatic N) is 5. The average Bonchev–Trinajstić information content (AvgIpc) is 3.46. The van der Waals surface area contributed by atoms with Crippen LogP contribution in [0.2, 0.25) is 0 Å². The molecule has 0 saturated heterocycles. The Kier molecular flexibility index (Phi) is 10.0. The first-order valence-corrected chi connectivity index (χ1v) is 18.4. The number of carbonyl (C=O) groups excluding carboxylic acids is 3. The van der Waals surface area contributed by atoms with Crippen molar-refractivity contribution in [3.63, 3.8) is 0 Å². The van der Waals surface area contributed by atoms with Gasteiger partial charge in [-0.15, -0.1) is 0 Å². The summed E-state index contributed by atoms with van der Waals surface area (Å²) in [5, 5.41) is 9.79. The van der Waals surface area contributed by atoms with Crippen molar-refractivity contribution in [1.82, 2.24) is 19.3 Å². The molecule has 0 radical (unpaired) electrons. The van der Waals surface area contributed by atoms with Gasteiger partial charge in [0.25, 0.3) is 11.8 Å². The Bertz CT molecular complexity index is 2220. The van der Waals surface area contributed by atoms with E-state index in [9.17, 15) is 19.5 Å². The minimum atomic E-state index is -0.432. The molecule has 5 aromatic rings. The molecule has 2 aliphatic rings. The summed E-state index contributed by atoms with van der Waals surface area (Å²) < 4.78 is 7.77. The molecule has 10 nitrogen and oxygen atoms in total. The predicted molar refractivity (Wildman–Crippen MR) is 210 cm³/mol. The van der Waals surface area contributed by atoms with E-state index < -0.39 is 6.09 Å². The standard InChI is InChI=1S/C44H47N5O5/c1-28-21-31-9-7-8-10-33(31)27-49(28)43(52)40-23-34-26-48(44(53)54-37-17-11-30(12-18-37)25-45(3)4)20-19-32(34)22-39(40)41-24-38(29(2)46(41)5)42(51)47(6)35-13-15-36(50)16-14-35/h7-18,22-24,28,50H,19-21,25-27H2,1-6H3/t28-/m1/s1. The highest BCUT2D eigenvalue weighted by Gasteiger charge is 2.32. The van der Waals surface area contributed by atoms with E-state index in [0.29, 0.717) is 48.6 Å². The van der Waals surface area contributed by atoms with E-state index in [1.54, 1.807) is 41.1 Å². The van der Waals surface area contributed by atoms with Crippen LogP contribution in [-0.2, 0) is 39.5 Å². The summed E-state index contributed by atoms with van der Waals surface area (Å²) in [5.74, 6) is 0.313. The quantitative estimate of drug-likeness (QED) is 0.191. The van der Waals surface area contributed by atoms with Crippen molar-refractivity contribution in [2.75, 3.05) is 32.6 Å². The maximum absolute atomic E-state index is 14.8. The number of anilines is 1. The van der Waals surface area contributed by atoms with Crippen LogP contribution in [0.5, 0.6) is 11.5 Å². The molecular weight excluding hydrogens is 679 g/mol. The zero-order valence-corrected chi connectivity index (χ0v) is 31.8. The molecule has 1 N–H and O–H groups in total. The number of aromatic hydroxyl groups is 1. The van der Waals surface area contributed by atoms with Crippen LogP contribution in [0.25, 0.3) is 11.3 Å². The number of carbonyl (C=O) groups is 3. The summed E-state index contributed by atoms with van der Waals surface area (Å²) >= 11 is 0. The molecular formula is C44H47N5O5. The van der Waals surface area contributed by atoms with Gasteiger partial charge in [0.2, 0.25) is 0 Å². The molecule has 0 saturated carbocycles. The van der Waals surface area contributed by atoms with Crippen molar-refractivity contribution in [1.29, 1.82) is 0 Å². The number of phenolic OH excluding ortho intramolecular Hbond substituents is 1. The summed E-state index contributed by atoms with van der Waals surface area (Å²) in [5.41, 5.74) is 9.40. The normalized spacial score (nSPS) is 15.1. The van der Waals surface area contributed by atoms with Crippen molar-refractivity contribution >= 4 is 23.6 Å². The highest BCUT2D eigenvalue weighted by atomic mass is 16.6. The zero-order valence-electron chi connectivity index (χ0n) is 31.8. The molecule has 0 aliphatic carbocycles. The first-order chi connectivity index (χ1) is 25.9. The number of ether oxygens (including phenoxy) is 1.